The van der Waals surface area contributed by atoms with Gasteiger partial charge in [-0.3, -0.25) is 9.78 Å². The second-order valence-corrected chi connectivity index (χ2v) is 11.2. The fourth-order valence-electron chi connectivity index (χ4n) is 4.70. The second-order valence-electron chi connectivity index (χ2n) is 11.2. The molecule has 0 aliphatic carbocycles. The molecule has 5 rings (SSSR count). The van der Waals surface area contributed by atoms with Crippen LogP contribution < -0.4 is 0 Å². The Kier molecular flexibility index (Phi) is 10.3. The smallest absolute Gasteiger partial charge is 0.155 e. The van der Waals surface area contributed by atoms with E-state index in [1.165, 1.54) is 42.2 Å². The Morgan fingerprint density at radius 3 is 2.12 bits per heavy atom. The molecule has 5 heteroatoms. The number of aromatic nitrogens is 1. The summed E-state index contributed by atoms with van der Waals surface area (Å²) in [5.74, 6) is 0.805. The van der Waals surface area contributed by atoms with Crippen LogP contribution in [-0.4, -0.2) is 15.9 Å². The first kappa shape index (κ1) is 31.7. The van der Waals surface area contributed by atoms with E-state index in [0.717, 1.165) is 39.2 Å². The summed E-state index contributed by atoms with van der Waals surface area (Å²) in [4.78, 5) is 14.9. The predicted octanol–water partition coefficient (Wildman–Crippen LogP) is 9.58. The summed E-state index contributed by atoms with van der Waals surface area (Å²) in [6.07, 6.45) is 1.17. The van der Waals surface area contributed by atoms with Crippen LogP contribution in [0, 0.1) is 19.9 Å². The van der Waals surface area contributed by atoms with Crippen molar-refractivity contribution in [2.45, 2.75) is 53.9 Å². The Hall–Kier alpha value is -3.79. The molecule has 0 atom stereocenters. The molecule has 0 saturated carbocycles. The third-order valence-electron chi connectivity index (χ3n) is 6.62. The standard InChI is InChI=1S/C31H28NO.C5H8O2.Ir/c1-20-16-25(31(3,4)5)17-21(2)30(20)29-19-27-28(33-29)15-14-26(32-27)24-13-9-12-23(18-24)22-10-7-6-8-11-22;1-4(6)3-5(2)7;/h6-12,14-19H,1-5H3;3,6H,1-2H3;/q-1;;/b;4-3-;. The van der Waals surface area contributed by atoms with E-state index in [9.17, 15) is 4.79 Å². The number of aryl methyl sites for hydroxylation is 2. The van der Waals surface area contributed by atoms with Gasteiger partial charge in [0.25, 0.3) is 0 Å². The third kappa shape index (κ3) is 7.91. The Bertz CT molecular complexity index is 1660. The van der Waals surface area contributed by atoms with E-state index >= 15 is 0 Å². The molecule has 1 N–H and O–H groups in total. The Morgan fingerprint density at radius 2 is 1.56 bits per heavy atom. The number of rotatable bonds is 4. The molecule has 0 aliphatic rings. The van der Waals surface area contributed by atoms with Gasteiger partial charge in [-0.1, -0.05) is 69.3 Å². The molecule has 3 aromatic carbocycles. The van der Waals surface area contributed by atoms with Gasteiger partial charge in [0.05, 0.1) is 11.3 Å². The van der Waals surface area contributed by atoms with Crippen molar-refractivity contribution in [1.82, 2.24) is 4.98 Å². The second kappa shape index (κ2) is 13.2. The first-order valence-corrected chi connectivity index (χ1v) is 13.4. The maximum absolute atomic E-state index is 10.0. The van der Waals surface area contributed by atoms with Crippen molar-refractivity contribution in [1.29, 1.82) is 0 Å². The predicted molar refractivity (Wildman–Crippen MR) is 164 cm³/mol. The fourth-order valence-corrected chi connectivity index (χ4v) is 4.70. The van der Waals surface area contributed by atoms with Crippen LogP contribution in [0.1, 0.15) is 51.3 Å². The van der Waals surface area contributed by atoms with Gasteiger partial charge in [0.1, 0.15) is 5.76 Å². The van der Waals surface area contributed by atoms with Gasteiger partial charge in [0.15, 0.2) is 11.4 Å². The van der Waals surface area contributed by atoms with Crippen LogP contribution in [0.3, 0.4) is 0 Å². The molecular weight excluding hydrogens is 687 g/mol. The number of hydrogen-bond acceptors (Lipinski definition) is 4. The normalized spacial score (nSPS) is 11.4. The van der Waals surface area contributed by atoms with Crippen molar-refractivity contribution >= 4 is 16.9 Å². The van der Waals surface area contributed by atoms with Crippen LogP contribution in [0.2, 0.25) is 0 Å². The number of aliphatic hydroxyl groups excluding tert-OH is 1. The van der Waals surface area contributed by atoms with E-state index < -0.39 is 0 Å². The van der Waals surface area contributed by atoms with Gasteiger partial charge in [-0.15, -0.1) is 35.4 Å². The number of aliphatic hydroxyl groups is 1. The molecule has 0 saturated heterocycles. The summed E-state index contributed by atoms with van der Waals surface area (Å²) in [6, 6.07) is 30.6. The molecule has 0 unspecified atom stereocenters. The van der Waals surface area contributed by atoms with Crippen molar-refractivity contribution in [3.05, 3.63) is 113 Å². The number of carbonyl (C=O) groups excluding carboxylic acids is 1. The first-order valence-electron chi connectivity index (χ1n) is 13.4. The van der Waals surface area contributed by atoms with Crippen LogP contribution in [0.4, 0.5) is 0 Å². The first-order chi connectivity index (χ1) is 18.9. The number of nitrogens with zero attached hydrogens (tertiary/aromatic N) is 1. The van der Waals surface area contributed by atoms with Crippen LogP contribution in [0.5, 0.6) is 0 Å². The van der Waals surface area contributed by atoms with E-state index in [1.54, 1.807) is 0 Å². The summed E-state index contributed by atoms with van der Waals surface area (Å²) in [5.41, 5.74) is 10.9. The molecule has 0 aliphatic heterocycles. The molecule has 0 fully saturated rings. The number of fused-ring (bicyclic) bond motifs is 1. The molecule has 4 nitrogen and oxygen atoms in total. The molecule has 213 valence electrons. The molecule has 0 spiro atoms. The number of benzene rings is 3. The van der Waals surface area contributed by atoms with Crippen molar-refractivity contribution in [3.63, 3.8) is 0 Å². The van der Waals surface area contributed by atoms with Crippen LogP contribution in [0.15, 0.2) is 95.1 Å². The minimum absolute atomic E-state index is 0. The van der Waals surface area contributed by atoms with Crippen molar-refractivity contribution in [3.8, 4) is 33.7 Å². The zero-order chi connectivity index (χ0) is 29.0. The van der Waals surface area contributed by atoms with Gasteiger partial charge in [-0.2, -0.15) is 0 Å². The minimum Gasteiger partial charge on any atom is -0.512 e. The average molecular weight is 723 g/mol. The Balaban J connectivity index is 0.000000516. The summed E-state index contributed by atoms with van der Waals surface area (Å²) in [6.45, 7) is 13.9. The van der Waals surface area contributed by atoms with Crippen molar-refractivity contribution < 1.29 is 34.4 Å². The Morgan fingerprint density at radius 1 is 0.902 bits per heavy atom. The average Bonchev–Trinajstić information content (AvgIpc) is 3.30. The molecule has 5 aromatic rings. The number of carbonyl (C=O) groups is 1. The SMILES string of the molecule is CC(=O)/C=C(/C)O.Cc1cc(C(C)(C)C)cc(C)c1-c1cc2nc(-c3[c-]ccc(-c4ccccc4)c3)ccc2o1.[Ir]. The molecule has 2 heterocycles. The summed E-state index contributed by atoms with van der Waals surface area (Å²) in [7, 11) is 0. The van der Waals surface area contributed by atoms with E-state index in [-0.39, 0.29) is 37.1 Å². The van der Waals surface area contributed by atoms with Gasteiger partial charge in [-0.05, 0) is 67.1 Å². The van der Waals surface area contributed by atoms with Crippen molar-refractivity contribution in [2.75, 3.05) is 0 Å². The van der Waals surface area contributed by atoms with Gasteiger partial charge in [0.2, 0.25) is 0 Å². The molecule has 41 heavy (non-hydrogen) atoms. The van der Waals surface area contributed by atoms with E-state index in [4.69, 9.17) is 14.5 Å². The number of pyridine rings is 1. The molecule has 0 amide bonds. The fraction of sp³-hybridized carbons (Fsp3) is 0.222. The number of hydrogen-bond donors (Lipinski definition) is 1. The van der Waals surface area contributed by atoms with Crippen LogP contribution >= 0.6 is 0 Å². The van der Waals surface area contributed by atoms with E-state index in [0.29, 0.717) is 0 Å². The summed E-state index contributed by atoms with van der Waals surface area (Å²) in [5, 5.41) is 8.36. The molecule has 1 radical (unpaired) electrons. The van der Waals surface area contributed by atoms with E-state index in [2.05, 4.69) is 95.3 Å². The van der Waals surface area contributed by atoms with E-state index in [1.807, 2.05) is 24.3 Å². The molecule has 2 aromatic heterocycles. The van der Waals surface area contributed by atoms with Gasteiger partial charge in [0, 0.05) is 37.8 Å². The summed E-state index contributed by atoms with van der Waals surface area (Å²) < 4.78 is 6.25. The van der Waals surface area contributed by atoms with Crippen LogP contribution in [0.25, 0.3) is 44.8 Å². The molecule has 0 bridgehead atoms. The monoisotopic (exact) mass is 723 g/mol. The van der Waals surface area contributed by atoms with Gasteiger partial charge >= 0.3 is 0 Å². The maximum atomic E-state index is 10.0. The Labute approximate surface area is 256 Å². The zero-order valence-corrected chi connectivity index (χ0v) is 27.0. The minimum atomic E-state index is -0.125. The topological polar surface area (TPSA) is 63.3 Å². The van der Waals surface area contributed by atoms with Crippen LogP contribution in [-0.2, 0) is 30.3 Å². The third-order valence-corrected chi connectivity index (χ3v) is 6.62. The quantitative estimate of drug-likeness (QED) is 0.114. The number of furan rings is 1. The maximum Gasteiger partial charge on any atom is 0.155 e. The largest absolute Gasteiger partial charge is 0.512 e. The summed E-state index contributed by atoms with van der Waals surface area (Å²) >= 11 is 0. The number of allylic oxidation sites excluding steroid dienone is 2. The zero-order valence-electron chi connectivity index (χ0n) is 24.6. The van der Waals surface area contributed by atoms with Gasteiger partial charge in [-0.25, -0.2) is 0 Å². The van der Waals surface area contributed by atoms with Crippen molar-refractivity contribution in [2.24, 2.45) is 0 Å². The van der Waals surface area contributed by atoms with Gasteiger partial charge < -0.3 is 9.52 Å². The molecular formula is C36H36IrNO3-. The number of ketones is 1.